The molecule has 0 saturated carbocycles. The number of carbonyl (C=O) groups is 1. The lowest BCUT2D eigenvalue weighted by atomic mass is 10.1. The molecule has 0 radical (unpaired) electrons. The van der Waals surface area contributed by atoms with Gasteiger partial charge in [-0.2, -0.15) is 0 Å². The zero-order valence-corrected chi connectivity index (χ0v) is 8.49. The van der Waals surface area contributed by atoms with Crippen molar-refractivity contribution in [2.45, 2.75) is 13.5 Å². The SMILES string of the molecule is COCc1ccc(/C=C/C(C)=O)cc1. The second kappa shape index (κ2) is 5.35. The van der Waals surface area contributed by atoms with E-state index in [1.54, 1.807) is 19.3 Å². The van der Waals surface area contributed by atoms with Crippen molar-refractivity contribution in [1.82, 2.24) is 0 Å². The standard InChI is InChI=1S/C12H14O2/c1-10(13)3-4-11-5-7-12(8-6-11)9-14-2/h3-8H,9H2,1-2H3/b4-3+. The Labute approximate surface area is 84.2 Å². The topological polar surface area (TPSA) is 26.3 Å². The molecule has 0 spiro atoms. The third-order valence-corrected chi connectivity index (χ3v) is 1.80. The van der Waals surface area contributed by atoms with Gasteiger partial charge in [0.05, 0.1) is 6.61 Å². The van der Waals surface area contributed by atoms with Crippen molar-refractivity contribution < 1.29 is 9.53 Å². The zero-order valence-electron chi connectivity index (χ0n) is 8.49. The van der Waals surface area contributed by atoms with Crippen LogP contribution >= 0.6 is 0 Å². The molecular weight excluding hydrogens is 176 g/mol. The second-order valence-electron chi connectivity index (χ2n) is 3.12. The third-order valence-electron chi connectivity index (χ3n) is 1.80. The van der Waals surface area contributed by atoms with Gasteiger partial charge in [0.2, 0.25) is 0 Å². The van der Waals surface area contributed by atoms with E-state index < -0.39 is 0 Å². The van der Waals surface area contributed by atoms with Gasteiger partial charge in [-0.3, -0.25) is 4.79 Å². The summed E-state index contributed by atoms with van der Waals surface area (Å²) in [5.74, 6) is 0.0611. The predicted molar refractivity (Wildman–Crippen MR) is 56.9 cm³/mol. The maximum absolute atomic E-state index is 10.7. The van der Waals surface area contributed by atoms with E-state index in [2.05, 4.69) is 0 Å². The van der Waals surface area contributed by atoms with Gasteiger partial charge in [-0.1, -0.05) is 30.3 Å². The fraction of sp³-hybridized carbons (Fsp3) is 0.250. The molecule has 0 bridgehead atoms. The summed E-state index contributed by atoms with van der Waals surface area (Å²) >= 11 is 0. The number of methoxy groups -OCH3 is 1. The molecule has 0 amide bonds. The molecule has 1 aromatic carbocycles. The highest BCUT2D eigenvalue weighted by atomic mass is 16.5. The molecule has 2 nitrogen and oxygen atoms in total. The molecular formula is C12H14O2. The van der Waals surface area contributed by atoms with Crippen LogP contribution in [0.5, 0.6) is 0 Å². The van der Waals surface area contributed by atoms with E-state index >= 15 is 0 Å². The second-order valence-corrected chi connectivity index (χ2v) is 3.12. The minimum absolute atomic E-state index is 0.0611. The Morgan fingerprint density at radius 1 is 1.36 bits per heavy atom. The first-order chi connectivity index (χ1) is 6.72. The van der Waals surface area contributed by atoms with E-state index in [4.69, 9.17) is 4.74 Å². The summed E-state index contributed by atoms with van der Waals surface area (Å²) in [5.41, 5.74) is 2.16. The number of ether oxygens (including phenoxy) is 1. The maximum Gasteiger partial charge on any atom is 0.152 e. The molecule has 0 aliphatic carbocycles. The summed E-state index contributed by atoms with van der Waals surface area (Å²) < 4.78 is 4.99. The Balaban J connectivity index is 2.68. The molecule has 0 fully saturated rings. The first-order valence-corrected chi connectivity index (χ1v) is 4.49. The lowest BCUT2D eigenvalue weighted by Crippen LogP contribution is -1.86. The van der Waals surface area contributed by atoms with Gasteiger partial charge in [0, 0.05) is 7.11 Å². The molecule has 0 saturated heterocycles. The molecule has 0 heterocycles. The lowest BCUT2D eigenvalue weighted by molar-refractivity contribution is -0.112. The van der Waals surface area contributed by atoms with E-state index in [0.717, 1.165) is 11.1 Å². The average molecular weight is 190 g/mol. The van der Waals surface area contributed by atoms with Crippen LogP contribution in [0.2, 0.25) is 0 Å². The molecule has 0 N–H and O–H groups in total. The quantitative estimate of drug-likeness (QED) is 0.681. The van der Waals surface area contributed by atoms with Gasteiger partial charge in [0.1, 0.15) is 0 Å². The highest BCUT2D eigenvalue weighted by Crippen LogP contribution is 2.06. The van der Waals surface area contributed by atoms with E-state index in [1.165, 1.54) is 6.92 Å². The van der Waals surface area contributed by atoms with Crippen molar-refractivity contribution in [2.24, 2.45) is 0 Å². The predicted octanol–water partition coefficient (Wildman–Crippen LogP) is 2.44. The van der Waals surface area contributed by atoms with E-state index in [0.29, 0.717) is 6.61 Å². The van der Waals surface area contributed by atoms with Crippen LogP contribution in [0.1, 0.15) is 18.1 Å². The summed E-state index contributed by atoms with van der Waals surface area (Å²) in [6.07, 6.45) is 3.37. The number of allylic oxidation sites excluding steroid dienone is 1. The van der Waals surface area contributed by atoms with Crippen LogP contribution < -0.4 is 0 Å². The van der Waals surface area contributed by atoms with Crippen molar-refractivity contribution in [3.05, 3.63) is 41.5 Å². The minimum atomic E-state index is 0.0611. The molecule has 2 heteroatoms. The van der Waals surface area contributed by atoms with Gasteiger partial charge in [-0.05, 0) is 24.1 Å². The first kappa shape index (κ1) is 10.7. The van der Waals surface area contributed by atoms with Crippen molar-refractivity contribution in [3.8, 4) is 0 Å². The number of ketones is 1. The van der Waals surface area contributed by atoms with Crippen LogP contribution in [0.25, 0.3) is 6.08 Å². The van der Waals surface area contributed by atoms with E-state index in [9.17, 15) is 4.79 Å². The Morgan fingerprint density at radius 3 is 2.50 bits per heavy atom. The first-order valence-electron chi connectivity index (χ1n) is 4.49. The zero-order chi connectivity index (χ0) is 10.4. The largest absolute Gasteiger partial charge is 0.380 e. The van der Waals surface area contributed by atoms with Gasteiger partial charge in [-0.25, -0.2) is 0 Å². The molecule has 0 aliphatic rings. The number of carbonyl (C=O) groups excluding carboxylic acids is 1. The minimum Gasteiger partial charge on any atom is -0.380 e. The third kappa shape index (κ3) is 3.54. The normalized spacial score (nSPS) is 10.7. The summed E-state index contributed by atoms with van der Waals surface area (Å²) in [6, 6.07) is 7.91. The van der Waals surface area contributed by atoms with Gasteiger partial charge in [0.25, 0.3) is 0 Å². The fourth-order valence-corrected chi connectivity index (χ4v) is 1.11. The van der Waals surface area contributed by atoms with Crippen LogP contribution in [-0.2, 0) is 16.1 Å². The van der Waals surface area contributed by atoms with Crippen LogP contribution in [0, 0.1) is 0 Å². The fourth-order valence-electron chi connectivity index (χ4n) is 1.11. The average Bonchev–Trinajstić information content (AvgIpc) is 2.17. The Bertz CT molecular complexity index is 323. The van der Waals surface area contributed by atoms with Crippen LogP contribution in [-0.4, -0.2) is 12.9 Å². The molecule has 0 aromatic heterocycles. The van der Waals surface area contributed by atoms with E-state index in [-0.39, 0.29) is 5.78 Å². The summed E-state index contributed by atoms with van der Waals surface area (Å²) in [7, 11) is 1.67. The van der Waals surface area contributed by atoms with Crippen molar-refractivity contribution in [3.63, 3.8) is 0 Å². The van der Waals surface area contributed by atoms with Crippen LogP contribution in [0.3, 0.4) is 0 Å². The smallest absolute Gasteiger partial charge is 0.152 e. The molecule has 0 atom stereocenters. The van der Waals surface area contributed by atoms with Gasteiger partial charge >= 0.3 is 0 Å². The Kier molecular flexibility index (Phi) is 4.08. The van der Waals surface area contributed by atoms with Gasteiger partial charge in [-0.15, -0.1) is 0 Å². The van der Waals surface area contributed by atoms with Gasteiger partial charge < -0.3 is 4.74 Å². The Hall–Kier alpha value is -1.41. The number of rotatable bonds is 4. The summed E-state index contributed by atoms with van der Waals surface area (Å²) in [5, 5.41) is 0. The Morgan fingerprint density at radius 2 is 2.00 bits per heavy atom. The van der Waals surface area contributed by atoms with Gasteiger partial charge in [0.15, 0.2) is 5.78 Å². The molecule has 0 unspecified atom stereocenters. The summed E-state index contributed by atoms with van der Waals surface area (Å²) in [6.45, 7) is 2.16. The monoisotopic (exact) mass is 190 g/mol. The molecule has 0 aliphatic heterocycles. The number of benzene rings is 1. The molecule has 74 valence electrons. The van der Waals surface area contributed by atoms with Crippen molar-refractivity contribution in [1.29, 1.82) is 0 Å². The lowest BCUT2D eigenvalue weighted by Gasteiger charge is -1.99. The number of hydrogen-bond donors (Lipinski definition) is 0. The number of hydrogen-bond acceptors (Lipinski definition) is 2. The summed E-state index contributed by atoms with van der Waals surface area (Å²) in [4.78, 5) is 10.7. The van der Waals surface area contributed by atoms with Crippen molar-refractivity contribution >= 4 is 11.9 Å². The molecule has 1 aromatic rings. The molecule has 14 heavy (non-hydrogen) atoms. The highest BCUT2D eigenvalue weighted by Gasteiger charge is 1.91. The maximum atomic E-state index is 10.7. The van der Waals surface area contributed by atoms with Crippen molar-refractivity contribution in [2.75, 3.05) is 7.11 Å². The van der Waals surface area contributed by atoms with E-state index in [1.807, 2.05) is 24.3 Å². The van der Waals surface area contributed by atoms with Crippen LogP contribution in [0.4, 0.5) is 0 Å². The molecule has 1 rings (SSSR count). The highest BCUT2D eigenvalue weighted by molar-refractivity contribution is 5.91. The van der Waals surface area contributed by atoms with Crippen LogP contribution in [0.15, 0.2) is 30.3 Å².